The second kappa shape index (κ2) is 10.8. The van der Waals surface area contributed by atoms with E-state index in [1.807, 2.05) is 66.7 Å². The Kier molecular flexibility index (Phi) is 7.55. The van der Waals surface area contributed by atoms with E-state index in [1.165, 1.54) is 4.90 Å². The minimum absolute atomic E-state index is 0.0162. The fourth-order valence-electron chi connectivity index (χ4n) is 4.04. The van der Waals surface area contributed by atoms with Gasteiger partial charge in [0.25, 0.3) is 5.91 Å². The van der Waals surface area contributed by atoms with Crippen molar-refractivity contribution in [3.8, 4) is 5.75 Å². The van der Waals surface area contributed by atoms with Gasteiger partial charge in [0.1, 0.15) is 11.9 Å². The van der Waals surface area contributed by atoms with E-state index < -0.39 is 6.09 Å². The lowest BCUT2D eigenvalue weighted by molar-refractivity contribution is 0.0754. The number of carboxylic acid groups (broad SMARTS) is 1. The lowest BCUT2D eigenvalue weighted by Crippen LogP contribution is -2.33. The van der Waals surface area contributed by atoms with Gasteiger partial charge in [0.2, 0.25) is 0 Å². The minimum atomic E-state index is -0.956. The number of hydrogen-bond donors (Lipinski definition) is 1. The summed E-state index contributed by atoms with van der Waals surface area (Å²) < 4.78 is 6.24. The van der Waals surface area contributed by atoms with Gasteiger partial charge in [-0.2, -0.15) is 0 Å². The number of fused-ring (bicyclic) bond motifs is 1. The molecule has 0 spiro atoms. The maximum absolute atomic E-state index is 13.2. The first-order valence-corrected chi connectivity index (χ1v) is 12.4. The summed E-state index contributed by atoms with van der Waals surface area (Å²) in [6.07, 6.45) is 1.03. The Labute approximate surface area is 209 Å². The summed E-state index contributed by atoms with van der Waals surface area (Å²) in [6.45, 7) is 4.17. The Morgan fingerprint density at radius 3 is 2.71 bits per heavy atom. The van der Waals surface area contributed by atoms with E-state index in [0.717, 1.165) is 28.4 Å². The normalized spacial score (nSPS) is 14.3. The largest absolute Gasteiger partial charge is 0.485 e. The second-order valence-corrected chi connectivity index (χ2v) is 9.73. The first-order chi connectivity index (χ1) is 16.8. The summed E-state index contributed by atoms with van der Waals surface area (Å²) in [4.78, 5) is 35.0. The zero-order valence-corrected chi connectivity index (χ0v) is 21.0. The first kappa shape index (κ1) is 24.5. The number of aromatic nitrogens is 1. The van der Waals surface area contributed by atoms with Gasteiger partial charge in [-0.1, -0.05) is 18.2 Å². The number of carbonyl (C=O) groups is 2. The summed E-state index contributed by atoms with van der Waals surface area (Å²) >= 11 is 1.59. The SMILES string of the molecule is Cc1cc2c(cn1)C(=O)N(Cc1ccc(OC(CCN(C)C(=O)O)c3cccs3)cc1)CCN2C. The maximum Gasteiger partial charge on any atom is 0.407 e. The molecule has 0 saturated heterocycles. The van der Waals surface area contributed by atoms with Crippen molar-refractivity contribution in [2.75, 3.05) is 38.6 Å². The Morgan fingerprint density at radius 2 is 2.03 bits per heavy atom. The van der Waals surface area contributed by atoms with Crippen LogP contribution < -0.4 is 9.64 Å². The molecule has 35 heavy (non-hydrogen) atoms. The lowest BCUT2D eigenvalue weighted by atomic mass is 10.1. The fourth-order valence-corrected chi connectivity index (χ4v) is 4.83. The molecule has 4 rings (SSSR count). The summed E-state index contributed by atoms with van der Waals surface area (Å²) in [5.41, 5.74) is 3.45. The van der Waals surface area contributed by atoms with Gasteiger partial charge in [-0.15, -0.1) is 11.3 Å². The van der Waals surface area contributed by atoms with Crippen molar-refractivity contribution in [3.05, 3.63) is 75.7 Å². The number of rotatable bonds is 8. The third-order valence-corrected chi connectivity index (χ3v) is 7.11. The molecule has 1 aromatic carbocycles. The van der Waals surface area contributed by atoms with Crippen molar-refractivity contribution in [1.82, 2.24) is 14.8 Å². The second-order valence-electron chi connectivity index (χ2n) is 8.75. The van der Waals surface area contributed by atoms with Crippen molar-refractivity contribution in [1.29, 1.82) is 0 Å². The molecular weight excluding hydrogens is 464 g/mol. The molecule has 3 heterocycles. The van der Waals surface area contributed by atoms with Crippen LogP contribution in [0.25, 0.3) is 0 Å². The van der Waals surface area contributed by atoms with Crippen LogP contribution in [0.1, 0.15) is 39.0 Å². The first-order valence-electron chi connectivity index (χ1n) is 11.5. The quantitative estimate of drug-likeness (QED) is 0.490. The topological polar surface area (TPSA) is 86.2 Å². The Balaban J connectivity index is 1.44. The molecule has 1 aliphatic rings. The molecule has 0 fully saturated rings. The Hall–Kier alpha value is -3.59. The fraction of sp³-hybridized carbons (Fsp3) is 0.346. The van der Waals surface area contributed by atoms with Gasteiger partial charge in [-0.25, -0.2) is 4.79 Å². The Bertz CT molecular complexity index is 1170. The van der Waals surface area contributed by atoms with E-state index in [4.69, 9.17) is 9.84 Å². The number of aryl methyl sites for hydroxylation is 1. The van der Waals surface area contributed by atoms with Gasteiger partial charge >= 0.3 is 6.09 Å². The molecule has 8 nitrogen and oxygen atoms in total. The molecule has 2 aromatic heterocycles. The van der Waals surface area contributed by atoms with Crippen molar-refractivity contribution >= 4 is 29.0 Å². The van der Waals surface area contributed by atoms with Crippen LogP contribution in [0.3, 0.4) is 0 Å². The summed E-state index contributed by atoms with van der Waals surface area (Å²) in [6, 6.07) is 13.7. The molecular formula is C26H30N4O4S. The lowest BCUT2D eigenvalue weighted by Gasteiger charge is -2.22. The number of hydrogen-bond acceptors (Lipinski definition) is 6. The Morgan fingerprint density at radius 1 is 1.26 bits per heavy atom. The van der Waals surface area contributed by atoms with Crippen LogP contribution in [-0.4, -0.2) is 65.6 Å². The summed E-state index contributed by atoms with van der Waals surface area (Å²) in [5, 5.41) is 11.1. The molecule has 0 bridgehead atoms. The van der Waals surface area contributed by atoms with Gasteiger partial charge in [0.05, 0.1) is 11.3 Å². The van der Waals surface area contributed by atoms with Gasteiger partial charge in [-0.05, 0) is 42.1 Å². The predicted molar refractivity (Wildman–Crippen MR) is 136 cm³/mol. The molecule has 9 heteroatoms. The smallest absolute Gasteiger partial charge is 0.407 e. The average molecular weight is 495 g/mol. The van der Waals surface area contributed by atoms with E-state index in [2.05, 4.69) is 9.88 Å². The molecule has 0 radical (unpaired) electrons. The van der Waals surface area contributed by atoms with Crippen LogP contribution in [0.4, 0.5) is 10.5 Å². The highest BCUT2D eigenvalue weighted by molar-refractivity contribution is 7.10. The summed E-state index contributed by atoms with van der Waals surface area (Å²) in [7, 11) is 3.56. The van der Waals surface area contributed by atoms with Crippen molar-refractivity contribution in [2.45, 2.75) is 26.0 Å². The number of pyridine rings is 1. The predicted octanol–water partition coefficient (Wildman–Crippen LogP) is 4.66. The molecule has 0 saturated carbocycles. The number of ether oxygens (including phenoxy) is 1. The third kappa shape index (κ3) is 5.92. The van der Waals surface area contributed by atoms with Crippen LogP contribution >= 0.6 is 11.3 Å². The van der Waals surface area contributed by atoms with Crippen LogP contribution in [0.5, 0.6) is 5.75 Å². The highest BCUT2D eigenvalue weighted by atomic mass is 32.1. The van der Waals surface area contributed by atoms with Gasteiger partial charge < -0.3 is 24.5 Å². The molecule has 0 aliphatic carbocycles. The molecule has 1 unspecified atom stereocenters. The van der Waals surface area contributed by atoms with Gasteiger partial charge in [0.15, 0.2) is 0 Å². The third-order valence-electron chi connectivity index (χ3n) is 6.14. The number of nitrogens with zero attached hydrogens (tertiary/aromatic N) is 4. The van der Waals surface area contributed by atoms with Crippen molar-refractivity contribution in [2.24, 2.45) is 0 Å². The monoisotopic (exact) mass is 494 g/mol. The molecule has 3 aromatic rings. The number of thiophene rings is 1. The maximum atomic E-state index is 13.2. The highest BCUT2D eigenvalue weighted by Crippen LogP contribution is 2.29. The van der Waals surface area contributed by atoms with Gasteiger partial charge in [0, 0.05) is 63.5 Å². The van der Waals surface area contributed by atoms with Crippen molar-refractivity contribution in [3.63, 3.8) is 0 Å². The standard InChI is InChI=1S/C26H30N4O4S/c1-18-15-22-21(16-27-18)25(31)30(13-12-28(22)2)17-19-6-8-20(9-7-19)34-23(24-5-4-14-35-24)10-11-29(3)26(32)33/h4-9,14-16,23H,10-13,17H2,1-3H3,(H,32,33). The zero-order valence-electron chi connectivity index (χ0n) is 20.2. The average Bonchev–Trinajstić information content (AvgIpc) is 3.35. The van der Waals surface area contributed by atoms with Crippen LogP contribution in [0.15, 0.2) is 54.0 Å². The number of anilines is 1. The zero-order chi connectivity index (χ0) is 24.9. The number of amides is 2. The van der Waals surface area contributed by atoms with Crippen molar-refractivity contribution < 1.29 is 19.4 Å². The van der Waals surface area contributed by atoms with E-state index in [0.29, 0.717) is 37.4 Å². The number of benzene rings is 1. The van der Waals surface area contributed by atoms with E-state index in [-0.39, 0.29) is 12.0 Å². The molecule has 1 aliphatic heterocycles. The molecule has 2 amide bonds. The minimum Gasteiger partial charge on any atom is -0.485 e. The molecule has 1 N–H and O–H groups in total. The van der Waals surface area contributed by atoms with Crippen LogP contribution in [0.2, 0.25) is 0 Å². The number of carbonyl (C=O) groups excluding carboxylic acids is 1. The van der Waals surface area contributed by atoms with Gasteiger partial charge in [-0.3, -0.25) is 9.78 Å². The highest BCUT2D eigenvalue weighted by Gasteiger charge is 2.25. The summed E-state index contributed by atoms with van der Waals surface area (Å²) in [5.74, 6) is 0.689. The van der Waals surface area contributed by atoms with Crippen LogP contribution in [0, 0.1) is 6.92 Å². The van der Waals surface area contributed by atoms with E-state index in [9.17, 15) is 9.59 Å². The van der Waals surface area contributed by atoms with E-state index >= 15 is 0 Å². The molecule has 1 atom stereocenters. The van der Waals surface area contributed by atoms with Crippen LogP contribution in [-0.2, 0) is 6.54 Å². The van der Waals surface area contributed by atoms with E-state index in [1.54, 1.807) is 24.6 Å². The molecule has 184 valence electrons. The number of likely N-dealkylation sites (N-methyl/N-ethyl adjacent to an activating group) is 1.